The number of carbonyl (C=O) groups excluding carboxylic acids is 1. The second-order valence-corrected chi connectivity index (χ2v) is 4.39. The van der Waals surface area contributed by atoms with Crippen molar-refractivity contribution in [1.29, 1.82) is 10.5 Å². The van der Waals surface area contributed by atoms with Crippen LogP contribution in [-0.2, 0) is 0 Å². The fraction of sp³-hybridized carbons (Fsp3) is 0.118. The van der Waals surface area contributed by atoms with Crippen LogP contribution in [0.1, 0.15) is 22.3 Å². The third kappa shape index (κ3) is 3.46. The maximum Gasteiger partial charge on any atom is 0.258 e. The number of nitriles is 2. The second-order valence-electron chi connectivity index (χ2n) is 4.39. The molecule has 0 bridgehead atoms. The van der Waals surface area contributed by atoms with Gasteiger partial charge in [-0.1, -0.05) is 24.3 Å². The molecule has 2 aromatic rings. The molecule has 0 unspecified atom stereocenters. The molecule has 0 aromatic heterocycles. The van der Waals surface area contributed by atoms with Gasteiger partial charge < -0.3 is 4.90 Å². The van der Waals surface area contributed by atoms with Crippen molar-refractivity contribution in [3.05, 3.63) is 65.7 Å². The summed E-state index contributed by atoms with van der Waals surface area (Å²) in [5, 5.41) is 17.7. The molecule has 2 rings (SSSR count). The molecule has 0 aliphatic carbocycles. The average molecular weight is 275 g/mol. The molecule has 2 aromatic carbocycles. The van der Waals surface area contributed by atoms with Crippen molar-refractivity contribution in [3.63, 3.8) is 0 Å². The van der Waals surface area contributed by atoms with Gasteiger partial charge in [0.1, 0.15) is 0 Å². The zero-order valence-electron chi connectivity index (χ0n) is 11.4. The van der Waals surface area contributed by atoms with Crippen molar-refractivity contribution < 1.29 is 4.79 Å². The Kier molecular flexibility index (Phi) is 4.69. The van der Waals surface area contributed by atoms with E-state index in [0.29, 0.717) is 17.7 Å². The maximum atomic E-state index is 12.6. The molecule has 0 aliphatic rings. The number of amides is 1. The summed E-state index contributed by atoms with van der Waals surface area (Å²) in [4.78, 5) is 14.2. The van der Waals surface area contributed by atoms with Crippen molar-refractivity contribution in [1.82, 2.24) is 0 Å². The summed E-state index contributed by atoms with van der Waals surface area (Å²) in [6, 6.07) is 19.8. The fourth-order valence-electron chi connectivity index (χ4n) is 2.00. The first-order chi connectivity index (χ1) is 10.3. The number of hydrogen-bond donors (Lipinski definition) is 0. The Balaban J connectivity index is 2.34. The maximum absolute atomic E-state index is 12.6. The van der Waals surface area contributed by atoms with Gasteiger partial charge >= 0.3 is 0 Å². The number of para-hydroxylation sites is 1. The van der Waals surface area contributed by atoms with Crippen molar-refractivity contribution in [2.24, 2.45) is 0 Å². The molecular formula is C17H13N3O. The molecule has 0 N–H and O–H groups in total. The Morgan fingerprint density at radius 1 is 1.05 bits per heavy atom. The van der Waals surface area contributed by atoms with E-state index in [1.165, 1.54) is 0 Å². The Hall–Kier alpha value is -3.11. The van der Waals surface area contributed by atoms with Crippen LogP contribution >= 0.6 is 0 Å². The molecule has 0 aliphatic heterocycles. The lowest BCUT2D eigenvalue weighted by atomic mass is 10.1. The van der Waals surface area contributed by atoms with E-state index in [-0.39, 0.29) is 12.3 Å². The Labute approximate surface area is 123 Å². The highest BCUT2D eigenvalue weighted by atomic mass is 16.2. The van der Waals surface area contributed by atoms with E-state index in [2.05, 4.69) is 6.07 Å². The van der Waals surface area contributed by atoms with Gasteiger partial charge in [-0.05, 0) is 30.3 Å². The SMILES string of the molecule is N#CCCN(C(=O)c1cccc(C#N)c1)c1ccccc1. The Morgan fingerprint density at radius 3 is 2.48 bits per heavy atom. The summed E-state index contributed by atoms with van der Waals surface area (Å²) < 4.78 is 0. The van der Waals surface area contributed by atoms with E-state index < -0.39 is 0 Å². The first kappa shape index (κ1) is 14.3. The molecule has 102 valence electrons. The molecule has 0 atom stereocenters. The van der Waals surface area contributed by atoms with Crippen LogP contribution in [0.4, 0.5) is 5.69 Å². The Bertz CT molecular complexity index is 711. The highest BCUT2D eigenvalue weighted by molar-refractivity contribution is 6.06. The van der Waals surface area contributed by atoms with Crippen LogP contribution in [0.3, 0.4) is 0 Å². The van der Waals surface area contributed by atoms with E-state index in [9.17, 15) is 4.79 Å². The lowest BCUT2D eigenvalue weighted by Crippen LogP contribution is -2.31. The van der Waals surface area contributed by atoms with Gasteiger partial charge in [0.25, 0.3) is 5.91 Å². The largest absolute Gasteiger partial charge is 0.307 e. The normalized spacial score (nSPS) is 9.43. The van der Waals surface area contributed by atoms with Crippen LogP contribution < -0.4 is 4.90 Å². The van der Waals surface area contributed by atoms with Crippen LogP contribution in [0.25, 0.3) is 0 Å². The first-order valence-corrected chi connectivity index (χ1v) is 6.50. The summed E-state index contributed by atoms with van der Waals surface area (Å²) in [5.41, 5.74) is 1.62. The third-order valence-electron chi connectivity index (χ3n) is 3.00. The molecule has 0 saturated heterocycles. The number of rotatable bonds is 4. The molecule has 4 heteroatoms. The van der Waals surface area contributed by atoms with Crippen LogP contribution in [-0.4, -0.2) is 12.5 Å². The first-order valence-electron chi connectivity index (χ1n) is 6.50. The minimum atomic E-state index is -0.214. The predicted molar refractivity (Wildman–Crippen MR) is 79.5 cm³/mol. The van der Waals surface area contributed by atoms with E-state index >= 15 is 0 Å². The van der Waals surface area contributed by atoms with Gasteiger partial charge in [0, 0.05) is 17.8 Å². The molecule has 0 fully saturated rings. The van der Waals surface area contributed by atoms with Gasteiger partial charge in [-0.2, -0.15) is 10.5 Å². The van der Waals surface area contributed by atoms with Gasteiger partial charge in [-0.15, -0.1) is 0 Å². The minimum Gasteiger partial charge on any atom is -0.307 e. The van der Waals surface area contributed by atoms with Crippen LogP contribution in [0.5, 0.6) is 0 Å². The van der Waals surface area contributed by atoms with Gasteiger partial charge in [0.15, 0.2) is 0 Å². The summed E-state index contributed by atoms with van der Waals surface area (Å²) in [5.74, 6) is -0.214. The monoisotopic (exact) mass is 275 g/mol. The third-order valence-corrected chi connectivity index (χ3v) is 3.00. The van der Waals surface area contributed by atoms with Crippen LogP contribution in [0.2, 0.25) is 0 Å². The van der Waals surface area contributed by atoms with Crippen molar-refractivity contribution >= 4 is 11.6 Å². The standard InChI is InChI=1S/C17H13N3O/c18-10-5-11-20(16-8-2-1-3-9-16)17(21)15-7-4-6-14(12-15)13-19/h1-4,6-9,12H,5,11H2. The summed E-state index contributed by atoms with van der Waals surface area (Å²) >= 11 is 0. The molecule has 0 saturated carbocycles. The summed E-state index contributed by atoms with van der Waals surface area (Å²) in [7, 11) is 0. The smallest absolute Gasteiger partial charge is 0.258 e. The van der Waals surface area contributed by atoms with Crippen molar-refractivity contribution in [2.45, 2.75) is 6.42 Å². The number of carbonyl (C=O) groups is 1. The minimum absolute atomic E-state index is 0.214. The highest BCUT2D eigenvalue weighted by Crippen LogP contribution is 2.17. The van der Waals surface area contributed by atoms with Crippen LogP contribution in [0.15, 0.2) is 54.6 Å². The molecule has 21 heavy (non-hydrogen) atoms. The molecule has 0 heterocycles. The van der Waals surface area contributed by atoms with Crippen molar-refractivity contribution in [3.8, 4) is 12.1 Å². The summed E-state index contributed by atoms with van der Waals surface area (Å²) in [6.07, 6.45) is 0.249. The number of benzene rings is 2. The lowest BCUT2D eigenvalue weighted by Gasteiger charge is -2.21. The second kappa shape index (κ2) is 6.88. The molecule has 1 amide bonds. The van der Waals surface area contributed by atoms with E-state index in [0.717, 1.165) is 5.69 Å². The Morgan fingerprint density at radius 2 is 1.81 bits per heavy atom. The zero-order chi connectivity index (χ0) is 15.1. The van der Waals surface area contributed by atoms with E-state index in [4.69, 9.17) is 10.5 Å². The van der Waals surface area contributed by atoms with Gasteiger partial charge in [-0.3, -0.25) is 4.79 Å². The highest BCUT2D eigenvalue weighted by Gasteiger charge is 2.17. The molecular weight excluding hydrogens is 262 g/mol. The topological polar surface area (TPSA) is 67.9 Å². The number of anilines is 1. The zero-order valence-corrected chi connectivity index (χ0v) is 11.4. The number of hydrogen-bond acceptors (Lipinski definition) is 3. The predicted octanol–water partition coefficient (Wildman–Crippen LogP) is 3.12. The quantitative estimate of drug-likeness (QED) is 0.860. The van der Waals surface area contributed by atoms with Gasteiger partial charge in [0.2, 0.25) is 0 Å². The molecule has 0 spiro atoms. The molecule has 0 radical (unpaired) electrons. The molecule has 4 nitrogen and oxygen atoms in total. The summed E-state index contributed by atoms with van der Waals surface area (Å²) in [6.45, 7) is 0.316. The van der Waals surface area contributed by atoms with Crippen LogP contribution in [0, 0.1) is 22.7 Å². The fourth-order valence-corrected chi connectivity index (χ4v) is 2.00. The van der Waals surface area contributed by atoms with Crippen molar-refractivity contribution in [2.75, 3.05) is 11.4 Å². The van der Waals surface area contributed by atoms with Gasteiger partial charge in [-0.25, -0.2) is 0 Å². The van der Waals surface area contributed by atoms with E-state index in [1.807, 2.05) is 36.4 Å². The average Bonchev–Trinajstić information content (AvgIpc) is 2.56. The van der Waals surface area contributed by atoms with Gasteiger partial charge in [0.05, 0.1) is 24.1 Å². The lowest BCUT2D eigenvalue weighted by molar-refractivity contribution is 0.0987. The number of nitrogens with zero attached hydrogens (tertiary/aromatic N) is 3. The van der Waals surface area contributed by atoms with E-state index in [1.54, 1.807) is 29.2 Å².